The highest BCUT2D eigenvalue weighted by atomic mass is 32.1. The fourth-order valence-electron chi connectivity index (χ4n) is 4.89. The van der Waals surface area contributed by atoms with E-state index in [1.165, 1.54) is 30.0 Å². The lowest BCUT2D eigenvalue weighted by molar-refractivity contribution is -0.241. The van der Waals surface area contributed by atoms with Crippen LogP contribution in [0.25, 0.3) is 22.4 Å². The van der Waals surface area contributed by atoms with Gasteiger partial charge < -0.3 is 18.9 Å². The SMILES string of the molecule is CC(=O)O[C@@H]1[C@@H](OC(C)=O)[C@H](OC(C)=O)CO[C@H]1n1nc2n(-c3cccc(C)c3)c(=O)c3ccccc3n2c1=S. The molecule has 0 radical (unpaired) electrons. The van der Waals surface area contributed by atoms with Crippen molar-refractivity contribution in [1.82, 2.24) is 18.7 Å². The summed E-state index contributed by atoms with van der Waals surface area (Å²) in [5, 5.41) is 5.09. The van der Waals surface area contributed by atoms with Gasteiger partial charge in [-0.05, 0) is 49.0 Å². The minimum Gasteiger partial charge on any atom is -0.456 e. The van der Waals surface area contributed by atoms with E-state index in [0.29, 0.717) is 16.6 Å². The minimum absolute atomic E-state index is 0.127. The highest BCUT2D eigenvalue weighted by molar-refractivity contribution is 7.71. The number of nitrogens with zero attached hydrogens (tertiary/aromatic N) is 4. The molecule has 0 bridgehead atoms. The number of esters is 3. The number of para-hydroxylation sites is 1. The van der Waals surface area contributed by atoms with Gasteiger partial charge in [0.15, 0.2) is 24.5 Å². The largest absolute Gasteiger partial charge is 0.456 e. The van der Waals surface area contributed by atoms with E-state index >= 15 is 0 Å². The van der Waals surface area contributed by atoms with Gasteiger partial charge in [-0.1, -0.05) is 24.3 Å². The van der Waals surface area contributed by atoms with Crippen LogP contribution in [0.4, 0.5) is 0 Å². The lowest BCUT2D eigenvalue weighted by Crippen LogP contribution is -2.55. The molecular formula is C27H26N4O8S. The Hall–Kier alpha value is -4.36. The summed E-state index contributed by atoms with van der Waals surface area (Å²) in [6.45, 7) is 5.27. The minimum atomic E-state index is -1.29. The first-order valence-corrected chi connectivity index (χ1v) is 12.8. The molecule has 12 nitrogen and oxygen atoms in total. The van der Waals surface area contributed by atoms with Crippen LogP contribution in [-0.4, -0.2) is 61.6 Å². The standard InChI is InChI=1S/C27H26N4O8S/c1-14-8-7-9-18(12-14)29-24(35)19-10-5-6-11-20(19)30-26(29)28-31(27(30)40)25-23(39-17(4)34)22(38-16(3)33)21(13-36-25)37-15(2)32/h5-12,21-23,25H,13H2,1-4H3/t21-,22+,23-,25-/m1/s1. The van der Waals surface area contributed by atoms with Gasteiger partial charge in [-0.25, -0.2) is 9.25 Å². The number of rotatable bonds is 5. The third-order valence-electron chi connectivity index (χ3n) is 6.39. The van der Waals surface area contributed by atoms with Crippen LogP contribution in [0.3, 0.4) is 0 Å². The molecule has 5 rings (SSSR count). The molecule has 13 heteroatoms. The number of carbonyl (C=O) groups is 3. The molecule has 0 spiro atoms. The van der Waals surface area contributed by atoms with E-state index in [1.807, 2.05) is 25.1 Å². The molecule has 3 heterocycles. The van der Waals surface area contributed by atoms with Gasteiger partial charge in [0.25, 0.3) is 5.56 Å². The average molecular weight is 567 g/mol. The van der Waals surface area contributed by atoms with Crippen LogP contribution >= 0.6 is 12.2 Å². The van der Waals surface area contributed by atoms with Gasteiger partial charge in [0.1, 0.15) is 0 Å². The molecule has 0 amide bonds. The molecule has 4 aromatic rings. The molecule has 0 unspecified atom stereocenters. The maximum atomic E-state index is 13.7. The van der Waals surface area contributed by atoms with Gasteiger partial charge in [-0.2, -0.15) is 0 Å². The number of carbonyl (C=O) groups excluding carboxylic acids is 3. The van der Waals surface area contributed by atoms with E-state index < -0.39 is 42.4 Å². The number of aromatic nitrogens is 4. The second-order valence-corrected chi connectivity index (χ2v) is 9.74. The smallest absolute Gasteiger partial charge is 0.303 e. The summed E-state index contributed by atoms with van der Waals surface area (Å²) < 4.78 is 26.8. The van der Waals surface area contributed by atoms with Crippen molar-refractivity contribution in [2.24, 2.45) is 0 Å². The van der Waals surface area contributed by atoms with Crippen molar-refractivity contribution in [3.63, 3.8) is 0 Å². The molecule has 1 saturated heterocycles. The first-order chi connectivity index (χ1) is 19.1. The molecule has 4 atom stereocenters. The predicted molar refractivity (Wildman–Crippen MR) is 144 cm³/mol. The maximum Gasteiger partial charge on any atom is 0.303 e. The Kier molecular flexibility index (Phi) is 7.25. The third kappa shape index (κ3) is 4.89. The third-order valence-corrected chi connectivity index (χ3v) is 6.76. The zero-order chi connectivity index (χ0) is 28.7. The summed E-state index contributed by atoms with van der Waals surface area (Å²) in [7, 11) is 0. The zero-order valence-electron chi connectivity index (χ0n) is 22.1. The molecular weight excluding hydrogens is 540 g/mol. The Morgan fingerprint density at radius 2 is 1.62 bits per heavy atom. The monoisotopic (exact) mass is 566 g/mol. The summed E-state index contributed by atoms with van der Waals surface area (Å²) >= 11 is 5.84. The predicted octanol–water partition coefficient (Wildman–Crippen LogP) is 2.80. The number of hydrogen-bond acceptors (Lipinski definition) is 10. The van der Waals surface area contributed by atoms with Crippen molar-refractivity contribution < 1.29 is 33.3 Å². The van der Waals surface area contributed by atoms with E-state index in [0.717, 1.165) is 5.56 Å². The second-order valence-electron chi connectivity index (χ2n) is 9.38. The average Bonchev–Trinajstić information content (AvgIpc) is 3.22. The normalized spacial score (nSPS) is 20.8. The highest BCUT2D eigenvalue weighted by Gasteiger charge is 2.48. The van der Waals surface area contributed by atoms with Crippen LogP contribution in [-0.2, 0) is 33.3 Å². The van der Waals surface area contributed by atoms with E-state index in [2.05, 4.69) is 5.10 Å². The Balaban J connectivity index is 1.76. The van der Waals surface area contributed by atoms with Crippen LogP contribution in [0.2, 0.25) is 0 Å². The van der Waals surface area contributed by atoms with Crippen LogP contribution in [0.5, 0.6) is 0 Å². The van der Waals surface area contributed by atoms with Crippen molar-refractivity contribution in [2.75, 3.05) is 6.61 Å². The number of ether oxygens (including phenoxy) is 4. The fraction of sp³-hybridized carbons (Fsp3) is 0.333. The van der Waals surface area contributed by atoms with Crippen molar-refractivity contribution in [3.8, 4) is 5.69 Å². The van der Waals surface area contributed by atoms with Crippen LogP contribution < -0.4 is 5.56 Å². The Morgan fingerprint density at radius 3 is 2.30 bits per heavy atom. The summed E-state index contributed by atoms with van der Waals surface area (Å²) in [5.74, 6) is -1.83. The molecule has 2 aromatic heterocycles. The van der Waals surface area contributed by atoms with Gasteiger partial charge in [0.2, 0.25) is 10.5 Å². The molecule has 0 aliphatic carbocycles. The highest BCUT2D eigenvalue weighted by Crippen LogP contribution is 2.31. The molecule has 1 aliphatic heterocycles. The van der Waals surface area contributed by atoms with Gasteiger partial charge in [0.05, 0.1) is 23.2 Å². The van der Waals surface area contributed by atoms with Crippen molar-refractivity contribution >= 4 is 46.8 Å². The summed E-state index contributed by atoms with van der Waals surface area (Å²) in [5.41, 5.74) is 1.70. The molecule has 0 N–H and O–H groups in total. The van der Waals surface area contributed by atoms with Crippen LogP contribution in [0.1, 0.15) is 32.6 Å². The van der Waals surface area contributed by atoms with Crippen molar-refractivity contribution in [2.45, 2.75) is 52.2 Å². The molecule has 0 saturated carbocycles. The van der Waals surface area contributed by atoms with Gasteiger partial charge >= 0.3 is 17.9 Å². The topological polar surface area (TPSA) is 132 Å². The molecule has 208 valence electrons. The Bertz CT molecular complexity index is 1770. The number of benzene rings is 2. The summed E-state index contributed by atoms with van der Waals surface area (Å²) in [6, 6.07) is 14.3. The fourth-order valence-corrected chi connectivity index (χ4v) is 5.21. The lowest BCUT2D eigenvalue weighted by atomic mass is 10.0. The quantitative estimate of drug-likeness (QED) is 0.202. The molecule has 40 heavy (non-hydrogen) atoms. The Labute approximate surface area is 232 Å². The number of hydrogen-bond donors (Lipinski definition) is 0. The maximum absolute atomic E-state index is 13.7. The van der Waals surface area contributed by atoms with E-state index in [1.54, 1.807) is 34.7 Å². The summed E-state index contributed by atoms with van der Waals surface area (Å²) in [6.07, 6.45) is -4.75. The molecule has 1 aliphatic rings. The van der Waals surface area contributed by atoms with E-state index in [-0.39, 0.29) is 22.7 Å². The molecule has 1 fully saturated rings. The first kappa shape index (κ1) is 27.2. The lowest BCUT2D eigenvalue weighted by Gasteiger charge is -2.40. The van der Waals surface area contributed by atoms with Crippen LogP contribution in [0.15, 0.2) is 53.3 Å². The van der Waals surface area contributed by atoms with Gasteiger partial charge in [-0.15, -0.1) is 5.10 Å². The number of fused-ring (bicyclic) bond motifs is 3. The van der Waals surface area contributed by atoms with E-state index in [9.17, 15) is 19.2 Å². The number of aryl methyl sites for hydroxylation is 1. The van der Waals surface area contributed by atoms with Crippen molar-refractivity contribution in [3.05, 3.63) is 69.2 Å². The van der Waals surface area contributed by atoms with E-state index in [4.69, 9.17) is 31.2 Å². The zero-order valence-corrected chi connectivity index (χ0v) is 22.9. The van der Waals surface area contributed by atoms with Gasteiger partial charge in [0, 0.05) is 20.8 Å². The van der Waals surface area contributed by atoms with Gasteiger partial charge in [-0.3, -0.25) is 23.6 Å². The first-order valence-electron chi connectivity index (χ1n) is 12.4. The van der Waals surface area contributed by atoms with Crippen LogP contribution in [0, 0.1) is 11.7 Å². The molecule has 2 aromatic carbocycles. The Morgan fingerprint density at radius 1 is 0.950 bits per heavy atom. The second kappa shape index (κ2) is 10.7. The summed E-state index contributed by atoms with van der Waals surface area (Å²) in [4.78, 5) is 49.7. The van der Waals surface area contributed by atoms with Crippen molar-refractivity contribution in [1.29, 1.82) is 0 Å².